The van der Waals surface area contributed by atoms with Crippen molar-refractivity contribution in [2.24, 2.45) is 5.41 Å². The van der Waals surface area contributed by atoms with E-state index in [2.05, 4.69) is 5.32 Å². The molecule has 0 bridgehead atoms. The van der Waals surface area contributed by atoms with Crippen LogP contribution in [-0.4, -0.2) is 66.0 Å². The molecule has 1 aliphatic rings. The van der Waals surface area contributed by atoms with E-state index >= 15 is 0 Å². The lowest BCUT2D eigenvalue weighted by molar-refractivity contribution is -0.148. The highest BCUT2D eigenvalue weighted by atomic mass is 16.4. The van der Waals surface area contributed by atoms with E-state index in [0.29, 0.717) is 25.9 Å². The van der Waals surface area contributed by atoms with E-state index in [1.807, 2.05) is 13.8 Å². The van der Waals surface area contributed by atoms with Gasteiger partial charge in [0.2, 0.25) is 5.91 Å². The summed E-state index contributed by atoms with van der Waals surface area (Å²) in [6.45, 7) is 4.89. The maximum atomic E-state index is 12.5. The number of hydrogen-bond acceptors (Lipinski definition) is 3. The van der Waals surface area contributed by atoms with Crippen LogP contribution >= 0.6 is 0 Å². The van der Waals surface area contributed by atoms with Crippen molar-refractivity contribution >= 4 is 17.9 Å². The predicted molar refractivity (Wildman–Crippen MR) is 77.9 cm³/mol. The van der Waals surface area contributed by atoms with Crippen LogP contribution in [-0.2, 0) is 9.59 Å². The highest BCUT2D eigenvalue weighted by molar-refractivity contribution is 5.85. The summed E-state index contributed by atoms with van der Waals surface area (Å²) in [6, 6.07) is -0.253. The van der Waals surface area contributed by atoms with Crippen LogP contribution in [0.3, 0.4) is 0 Å². The molecule has 1 fully saturated rings. The zero-order chi connectivity index (χ0) is 16.0. The van der Waals surface area contributed by atoms with Crippen LogP contribution in [0.1, 0.15) is 33.1 Å². The van der Waals surface area contributed by atoms with Crippen molar-refractivity contribution in [3.63, 3.8) is 0 Å². The molecule has 1 heterocycles. The van der Waals surface area contributed by atoms with Crippen LogP contribution in [0.15, 0.2) is 0 Å². The van der Waals surface area contributed by atoms with Gasteiger partial charge < -0.3 is 20.2 Å². The fraction of sp³-hybridized carbons (Fsp3) is 0.786. The Labute approximate surface area is 125 Å². The lowest BCUT2D eigenvalue weighted by Gasteiger charge is -2.28. The van der Waals surface area contributed by atoms with Gasteiger partial charge in [-0.3, -0.25) is 9.59 Å². The standard InChI is InChI=1S/C14H25N3O4/c1-4-7-16(9-11(18)15-3)13(21)17-8-6-14(5-2,10-17)12(19)20/h4-10H2,1-3H3,(H,15,18)(H,19,20). The number of urea groups is 1. The SMILES string of the molecule is CCCN(CC(=O)NC)C(=O)N1CCC(CC)(C(=O)O)C1. The van der Waals surface area contributed by atoms with Crippen molar-refractivity contribution < 1.29 is 19.5 Å². The number of likely N-dealkylation sites (N-methyl/N-ethyl adjacent to an activating group) is 1. The molecule has 1 atom stereocenters. The number of nitrogens with one attached hydrogen (secondary N) is 1. The number of carboxylic acids is 1. The number of amides is 3. The zero-order valence-electron chi connectivity index (χ0n) is 13.0. The van der Waals surface area contributed by atoms with Gasteiger partial charge in [0.1, 0.15) is 6.54 Å². The second kappa shape index (κ2) is 7.28. The number of rotatable bonds is 6. The highest BCUT2D eigenvalue weighted by Gasteiger charge is 2.45. The quantitative estimate of drug-likeness (QED) is 0.757. The number of likely N-dealkylation sites (tertiary alicyclic amines) is 1. The minimum absolute atomic E-state index is 0.00582. The molecule has 3 amide bonds. The van der Waals surface area contributed by atoms with Gasteiger partial charge in [-0.15, -0.1) is 0 Å². The molecule has 7 heteroatoms. The number of carbonyl (C=O) groups excluding carboxylic acids is 2. The average molecular weight is 299 g/mol. The van der Waals surface area contributed by atoms with Crippen molar-refractivity contribution in [1.29, 1.82) is 0 Å². The minimum atomic E-state index is -0.853. The van der Waals surface area contributed by atoms with Gasteiger partial charge in [0, 0.05) is 26.7 Å². The first-order valence-corrected chi connectivity index (χ1v) is 7.38. The van der Waals surface area contributed by atoms with E-state index in [-0.39, 0.29) is 25.0 Å². The Balaban J connectivity index is 2.77. The fourth-order valence-electron chi connectivity index (χ4n) is 2.61. The molecule has 1 saturated heterocycles. The molecule has 2 N–H and O–H groups in total. The van der Waals surface area contributed by atoms with Crippen LogP contribution in [0.25, 0.3) is 0 Å². The molecule has 0 saturated carbocycles. The molecule has 21 heavy (non-hydrogen) atoms. The molecule has 0 aromatic rings. The Hall–Kier alpha value is -1.79. The molecule has 1 aliphatic heterocycles. The number of aliphatic carboxylic acids is 1. The Bertz CT molecular complexity index is 413. The van der Waals surface area contributed by atoms with Crippen LogP contribution in [0, 0.1) is 5.41 Å². The Morgan fingerprint density at radius 1 is 1.33 bits per heavy atom. The number of carbonyl (C=O) groups is 3. The van der Waals surface area contributed by atoms with Crippen LogP contribution in [0.4, 0.5) is 4.79 Å². The van der Waals surface area contributed by atoms with Crippen LogP contribution in [0.5, 0.6) is 0 Å². The molecule has 0 aliphatic carbocycles. The van der Waals surface area contributed by atoms with Gasteiger partial charge in [0.15, 0.2) is 0 Å². The topological polar surface area (TPSA) is 90.0 Å². The monoisotopic (exact) mass is 299 g/mol. The maximum Gasteiger partial charge on any atom is 0.320 e. The summed E-state index contributed by atoms with van der Waals surface area (Å²) in [6.07, 6.45) is 1.70. The summed E-state index contributed by atoms with van der Waals surface area (Å²) in [7, 11) is 1.53. The van der Waals surface area contributed by atoms with Gasteiger partial charge in [0.25, 0.3) is 0 Å². The van der Waals surface area contributed by atoms with Crippen molar-refractivity contribution in [1.82, 2.24) is 15.1 Å². The summed E-state index contributed by atoms with van der Waals surface area (Å²) in [4.78, 5) is 38.4. The summed E-state index contributed by atoms with van der Waals surface area (Å²) in [5, 5.41) is 11.9. The molecule has 0 aromatic carbocycles. The lowest BCUT2D eigenvalue weighted by Crippen LogP contribution is -2.47. The van der Waals surface area contributed by atoms with Crippen molar-refractivity contribution in [2.45, 2.75) is 33.1 Å². The van der Waals surface area contributed by atoms with E-state index in [0.717, 1.165) is 6.42 Å². The normalized spacial score (nSPS) is 21.2. The van der Waals surface area contributed by atoms with Crippen molar-refractivity contribution in [2.75, 3.05) is 33.2 Å². The van der Waals surface area contributed by atoms with E-state index < -0.39 is 11.4 Å². The molecule has 1 rings (SSSR count). The minimum Gasteiger partial charge on any atom is -0.481 e. The summed E-state index contributed by atoms with van der Waals surface area (Å²) in [5.74, 6) is -1.08. The van der Waals surface area contributed by atoms with Gasteiger partial charge in [-0.25, -0.2) is 4.79 Å². The van der Waals surface area contributed by atoms with Gasteiger partial charge in [0.05, 0.1) is 5.41 Å². The molecular weight excluding hydrogens is 274 g/mol. The smallest absolute Gasteiger partial charge is 0.320 e. The number of carboxylic acid groups (broad SMARTS) is 1. The maximum absolute atomic E-state index is 12.5. The van der Waals surface area contributed by atoms with Crippen molar-refractivity contribution in [3.8, 4) is 0 Å². The Morgan fingerprint density at radius 2 is 2.00 bits per heavy atom. The van der Waals surface area contributed by atoms with Crippen molar-refractivity contribution in [3.05, 3.63) is 0 Å². The average Bonchev–Trinajstić information content (AvgIpc) is 2.91. The highest BCUT2D eigenvalue weighted by Crippen LogP contribution is 2.34. The van der Waals surface area contributed by atoms with E-state index in [4.69, 9.17) is 0 Å². The van der Waals surface area contributed by atoms with Gasteiger partial charge in [-0.05, 0) is 19.3 Å². The van der Waals surface area contributed by atoms with Gasteiger partial charge >= 0.3 is 12.0 Å². The van der Waals surface area contributed by atoms with Gasteiger partial charge in [-0.1, -0.05) is 13.8 Å². The third kappa shape index (κ3) is 3.86. The third-order valence-corrected chi connectivity index (χ3v) is 4.13. The first kappa shape index (κ1) is 17.3. The molecule has 0 radical (unpaired) electrons. The molecule has 0 aromatic heterocycles. The second-order valence-corrected chi connectivity index (χ2v) is 5.49. The van der Waals surface area contributed by atoms with E-state index in [9.17, 15) is 19.5 Å². The zero-order valence-corrected chi connectivity index (χ0v) is 13.0. The molecule has 1 unspecified atom stereocenters. The fourth-order valence-corrected chi connectivity index (χ4v) is 2.61. The third-order valence-electron chi connectivity index (χ3n) is 4.13. The molecule has 7 nitrogen and oxygen atoms in total. The molecule has 0 spiro atoms. The first-order chi connectivity index (χ1) is 9.90. The lowest BCUT2D eigenvalue weighted by atomic mass is 9.84. The van der Waals surface area contributed by atoms with Crippen LogP contribution < -0.4 is 5.32 Å². The first-order valence-electron chi connectivity index (χ1n) is 7.38. The van der Waals surface area contributed by atoms with E-state index in [1.165, 1.54) is 11.9 Å². The predicted octanol–water partition coefficient (Wildman–Crippen LogP) is 0.751. The largest absolute Gasteiger partial charge is 0.481 e. The summed E-state index contributed by atoms with van der Waals surface area (Å²) < 4.78 is 0. The van der Waals surface area contributed by atoms with Gasteiger partial charge in [-0.2, -0.15) is 0 Å². The summed E-state index contributed by atoms with van der Waals surface area (Å²) in [5.41, 5.74) is -0.847. The van der Waals surface area contributed by atoms with Crippen LogP contribution in [0.2, 0.25) is 0 Å². The Morgan fingerprint density at radius 3 is 2.43 bits per heavy atom. The van der Waals surface area contributed by atoms with E-state index in [1.54, 1.807) is 4.90 Å². The number of hydrogen-bond donors (Lipinski definition) is 2. The number of nitrogens with zero attached hydrogens (tertiary/aromatic N) is 2. The molecular formula is C14H25N3O4. The molecule has 120 valence electrons. The Kier molecular flexibility index (Phi) is 5.99. The summed E-state index contributed by atoms with van der Waals surface area (Å²) >= 11 is 0. The second-order valence-electron chi connectivity index (χ2n) is 5.49.